The second-order valence-corrected chi connectivity index (χ2v) is 8.23. The first-order valence-electron chi connectivity index (χ1n) is 9.51. The molecule has 3 aromatic rings. The van der Waals surface area contributed by atoms with Crippen molar-refractivity contribution in [3.63, 3.8) is 0 Å². The number of aromatic nitrogens is 2. The molecule has 0 saturated heterocycles. The number of nitrogens with one attached hydrogen (secondary N) is 2. The normalized spacial score (nSPS) is 10.8. The van der Waals surface area contributed by atoms with Gasteiger partial charge >= 0.3 is 0 Å². The predicted octanol–water partition coefficient (Wildman–Crippen LogP) is 2.52. The Kier molecular flexibility index (Phi) is 6.41. The van der Waals surface area contributed by atoms with Crippen molar-refractivity contribution in [2.45, 2.75) is 40.2 Å². The summed E-state index contributed by atoms with van der Waals surface area (Å²) in [6.45, 7) is 5.86. The molecule has 2 aromatic heterocycles. The van der Waals surface area contributed by atoms with Crippen LogP contribution in [-0.4, -0.2) is 27.4 Å². The predicted molar refractivity (Wildman–Crippen MR) is 115 cm³/mol. The first-order chi connectivity index (χ1) is 14.3. The third-order valence-electron chi connectivity index (χ3n) is 4.62. The van der Waals surface area contributed by atoms with Crippen LogP contribution in [0, 0.1) is 13.8 Å². The number of hydrogen-bond acceptors (Lipinski definition) is 6. The highest BCUT2D eigenvalue weighted by atomic mass is 32.1. The van der Waals surface area contributed by atoms with Crippen molar-refractivity contribution in [1.82, 2.24) is 20.6 Å². The minimum Gasteiger partial charge on any atom is -0.294 e. The van der Waals surface area contributed by atoms with E-state index < -0.39 is 11.8 Å². The van der Waals surface area contributed by atoms with Crippen LogP contribution in [-0.2, 0) is 11.3 Å². The van der Waals surface area contributed by atoms with Gasteiger partial charge in [0.15, 0.2) is 11.5 Å². The Morgan fingerprint density at radius 1 is 1.07 bits per heavy atom. The molecule has 0 bridgehead atoms. The monoisotopic (exact) mass is 426 g/mol. The highest BCUT2D eigenvalue weighted by molar-refractivity contribution is 7.12. The van der Waals surface area contributed by atoms with E-state index in [1.54, 1.807) is 31.2 Å². The van der Waals surface area contributed by atoms with Gasteiger partial charge in [0, 0.05) is 40.1 Å². The van der Waals surface area contributed by atoms with E-state index in [0.29, 0.717) is 22.9 Å². The van der Waals surface area contributed by atoms with Crippen LogP contribution < -0.4 is 16.4 Å². The maximum atomic E-state index is 12.6. The molecule has 3 rings (SSSR count). The molecule has 0 radical (unpaired) electrons. The van der Waals surface area contributed by atoms with Gasteiger partial charge < -0.3 is 0 Å². The minimum absolute atomic E-state index is 0.0350. The van der Waals surface area contributed by atoms with Gasteiger partial charge in [-0.15, -0.1) is 11.3 Å². The fourth-order valence-electron chi connectivity index (χ4n) is 3.13. The molecule has 0 fully saturated rings. The largest absolute Gasteiger partial charge is 0.294 e. The van der Waals surface area contributed by atoms with Crippen LogP contribution in [0.3, 0.4) is 0 Å². The lowest BCUT2D eigenvalue weighted by molar-refractivity contribution is -0.121. The number of hydrogen-bond donors (Lipinski definition) is 2. The van der Waals surface area contributed by atoms with E-state index in [1.807, 2.05) is 19.9 Å². The summed E-state index contributed by atoms with van der Waals surface area (Å²) >= 11 is 1.54. The van der Waals surface area contributed by atoms with Gasteiger partial charge in [0.05, 0.1) is 5.39 Å². The zero-order valence-corrected chi connectivity index (χ0v) is 17.8. The molecule has 0 spiro atoms. The maximum absolute atomic E-state index is 12.6. The van der Waals surface area contributed by atoms with Crippen LogP contribution in [0.1, 0.15) is 50.4 Å². The molecular formula is C21H22N4O4S. The number of rotatable bonds is 6. The third kappa shape index (κ3) is 4.46. The minimum atomic E-state index is -0.641. The SMILES string of the molecule is CCn1nc(C(=O)NNC(=O)CCC(=O)c2cc(C)sc2C)c2ccccc2c1=O. The number of hydrazine groups is 1. The fraction of sp³-hybridized carbons (Fsp3) is 0.286. The summed E-state index contributed by atoms with van der Waals surface area (Å²) in [5.74, 6) is -1.24. The first-order valence-corrected chi connectivity index (χ1v) is 10.3. The molecule has 8 nitrogen and oxygen atoms in total. The average molecular weight is 426 g/mol. The average Bonchev–Trinajstić information content (AvgIpc) is 3.08. The number of fused-ring (bicyclic) bond motifs is 1. The molecule has 0 atom stereocenters. The number of carbonyl (C=O) groups is 3. The molecule has 2 N–H and O–H groups in total. The summed E-state index contributed by atoms with van der Waals surface area (Å²) in [6, 6.07) is 8.49. The van der Waals surface area contributed by atoms with Crippen LogP contribution in [0.25, 0.3) is 10.8 Å². The highest BCUT2D eigenvalue weighted by Crippen LogP contribution is 2.22. The van der Waals surface area contributed by atoms with Crippen molar-refractivity contribution >= 4 is 39.7 Å². The molecule has 0 saturated carbocycles. The van der Waals surface area contributed by atoms with Gasteiger partial charge in [-0.1, -0.05) is 18.2 Å². The lowest BCUT2D eigenvalue weighted by Gasteiger charge is -2.11. The van der Waals surface area contributed by atoms with Crippen molar-refractivity contribution in [2.75, 3.05) is 0 Å². The van der Waals surface area contributed by atoms with E-state index in [2.05, 4.69) is 16.0 Å². The number of benzene rings is 1. The lowest BCUT2D eigenvalue weighted by Crippen LogP contribution is -2.42. The number of ketones is 1. The van der Waals surface area contributed by atoms with Crippen LogP contribution in [0.5, 0.6) is 0 Å². The molecule has 1 aromatic carbocycles. The fourth-order valence-corrected chi connectivity index (χ4v) is 4.08. The van der Waals surface area contributed by atoms with Crippen molar-refractivity contribution in [3.8, 4) is 0 Å². The molecule has 2 heterocycles. The Bertz CT molecular complexity index is 1200. The maximum Gasteiger partial charge on any atom is 0.290 e. The zero-order valence-electron chi connectivity index (χ0n) is 16.9. The van der Waals surface area contributed by atoms with Crippen molar-refractivity contribution in [1.29, 1.82) is 0 Å². The van der Waals surface area contributed by atoms with Gasteiger partial charge in [-0.05, 0) is 32.9 Å². The second kappa shape index (κ2) is 9.00. The number of amides is 2. The standard InChI is InChI=1S/C21H22N4O4S/c1-4-25-21(29)15-8-6-5-7-14(15)19(24-25)20(28)23-22-18(27)10-9-17(26)16-11-12(2)30-13(16)3/h5-8,11H,4,9-10H2,1-3H3,(H,22,27)(H,23,28). The molecule has 2 amide bonds. The summed E-state index contributed by atoms with van der Waals surface area (Å²) in [5, 5.41) is 4.88. The topological polar surface area (TPSA) is 110 Å². The van der Waals surface area contributed by atoms with Crippen LogP contribution in [0.4, 0.5) is 0 Å². The Morgan fingerprint density at radius 2 is 1.77 bits per heavy atom. The third-order valence-corrected chi connectivity index (χ3v) is 5.58. The van der Waals surface area contributed by atoms with Crippen LogP contribution in [0.2, 0.25) is 0 Å². The second-order valence-electron chi connectivity index (χ2n) is 6.77. The summed E-state index contributed by atoms with van der Waals surface area (Å²) < 4.78 is 1.20. The van der Waals surface area contributed by atoms with Gasteiger partial charge in [0.25, 0.3) is 11.5 Å². The number of aryl methyl sites for hydroxylation is 3. The summed E-state index contributed by atoms with van der Waals surface area (Å²) in [5.41, 5.74) is 5.00. The summed E-state index contributed by atoms with van der Waals surface area (Å²) in [7, 11) is 0. The Balaban J connectivity index is 1.65. The highest BCUT2D eigenvalue weighted by Gasteiger charge is 2.18. The van der Waals surface area contributed by atoms with Gasteiger partial charge in [-0.25, -0.2) is 4.68 Å². The van der Waals surface area contributed by atoms with Gasteiger partial charge in [-0.3, -0.25) is 30.0 Å². The lowest BCUT2D eigenvalue weighted by atomic mass is 10.1. The Hall–Kier alpha value is -3.33. The van der Waals surface area contributed by atoms with Gasteiger partial charge in [0.2, 0.25) is 5.91 Å². The van der Waals surface area contributed by atoms with E-state index in [9.17, 15) is 19.2 Å². The number of nitrogens with zero attached hydrogens (tertiary/aromatic N) is 2. The van der Waals surface area contributed by atoms with Gasteiger partial charge in [-0.2, -0.15) is 5.10 Å². The molecule has 9 heteroatoms. The number of carbonyl (C=O) groups excluding carboxylic acids is 3. The van der Waals surface area contributed by atoms with Crippen molar-refractivity contribution in [2.24, 2.45) is 0 Å². The molecule has 0 unspecified atom stereocenters. The number of thiophene rings is 1. The summed E-state index contributed by atoms with van der Waals surface area (Å²) in [4.78, 5) is 51.3. The van der Waals surface area contributed by atoms with Crippen molar-refractivity contribution < 1.29 is 14.4 Å². The quantitative estimate of drug-likeness (QED) is 0.465. The zero-order chi connectivity index (χ0) is 21.8. The van der Waals surface area contributed by atoms with Crippen LogP contribution >= 0.6 is 11.3 Å². The van der Waals surface area contributed by atoms with E-state index >= 15 is 0 Å². The van der Waals surface area contributed by atoms with Crippen LogP contribution in [0.15, 0.2) is 35.1 Å². The molecule has 0 aliphatic heterocycles. The van der Waals surface area contributed by atoms with E-state index in [0.717, 1.165) is 9.75 Å². The summed E-state index contributed by atoms with van der Waals surface area (Å²) in [6.07, 6.45) is -0.0172. The molecule has 156 valence electrons. The Morgan fingerprint density at radius 3 is 2.40 bits per heavy atom. The van der Waals surface area contributed by atoms with Gasteiger partial charge in [0.1, 0.15) is 0 Å². The van der Waals surface area contributed by atoms with E-state index in [1.165, 1.54) is 16.0 Å². The smallest absolute Gasteiger partial charge is 0.290 e. The first kappa shape index (κ1) is 21.4. The van der Waals surface area contributed by atoms with E-state index in [4.69, 9.17) is 0 Å². The van der Waals surface area contributed by atoms with E-state index in [-0.39, 0.29) is 29.9 Å². The van der Waals surface area contributed by atoms with Crippen molar-refractivity contribution in [3.05, 3.63) is 61.7 Å². The molecular weight excluding hydrogens is 404 g/mol. The Labute approximate surface area is 176 Å². The molecule has 0 aliphatic carbocycles. The molecule has 0 aliphatic rings. The number of Topliss-reactive ketones (excluding diaryl/α,β-unsaturated/α-hetero) is 1. The molecule has 30 heavy (non-hydrogen) atoms.